The molecule has 0 saturated heterocycles. The SMILES string of the molecule is COC(=O)/C=C/C=C/CCC(=O)N(C)c1ccccc1. The summed E-state index contributed by atoms with van der Waals surface area (Å²) in [4.78, 5) is 24.4. The Balaban J connectivity index is 2.35. The molecular weight excluding hydrogens is 254 g/mol. The van der Waals surface area contributed by atoms with Crippen LogP contribution < -0.4 is 4.90 Å². The summed E-state index contributed by atoms with van der Waals surface area (Å²) in [5.74, 6) is -0.340. The smallest absolute Gasteiger partial charge is 0.330 e. The summed E-state index contributed by atoms with van der Waals surface area (Å²) < 4.78 is 4.46. The van der Waals surface area contributed by atoms with Gasteiger partial charge in [-0.15, -0.1) is 0 Å². The normalized spacial score (nSPS) is 10.9. The van der Waals surface area contributed by atoms with E-state index < -0.39 is 5.97 Å². The fraction of sp³-hybridized carbons (Fsp3) is 0.250. The van der Waals surface area contributed by atoms with Gasteiger partial charge >= 0.3 is 5.97 Å². The molecule has 0 aliphatic heterocycles. The minimum absolute atomic E-state index is 0.0535. The van der Waals surface area contributed by atoms with Gasteiger partial charge in [-0.2, -0.15) is 0 Å². The third-order valence-corrected chi connectivity index (χ3v) is 2.72. The van der Waals surface area contributed by atoms with E-state index in [1.54, 1.807) is 24.1 Å². The molecule has 0 aliphatic carbocycles. The van der Waals surface area contributed by atoms with Crippen molar-refractivity contribution < 1.29 is 14.3 Å². The number of carbonyl (C=O) groups is 2. The van der Waals surface area contributed by atoms with Crippen molar-refractivity contribution in [1.29, 1.82) is 0 Å². The minimum atomic E-state index is -0.394. The zero-order valence-corrected chi connectivity index (χ0v) is 11.8. The Kier molecular flexibility index (Phi) is 6.82. The van der Waals surface area contributed by atoms with E-state index in [2.05, 4.69) is 4.74 Å². The molecule has 0 radical (unpaired) electrons. The monoisotopic (exact) mass is 273 g/mol. The van der Waals surface area contributed by atoms with Gasteiger partial charge in [-0.05, 0) is 18.6 Å². The second-order valence-electron chi connectivity index (χ2n) is 4.14. The third kappa shape index (κ3) is 5.52. The standard InChI is InChI=1S/C16H19NO3/c1-17(14-10-6-5-7-11-14)15(18)12-8-3-4-9-13-16(19)20-2/h3-7,9-11,13H,8,12H2,1-2H3/b4-3+,13-9+. The highest BCUT2D eigenvalue weighted by atomic mass is 16.5. The molecule has 0 fully saturated rings. The predicted octanol–water partition coefficient (Wildman–Crippen LogP) is 2.72. The summed E-state index contributed by atoms with van der Waals surface area (Å²) in [6.45, 7) is 0. The molecule has 1 aromatic rings. The Bertz CT molecular complexity index is 492. The van der Waals surface area contributed by atoms with Crippen molar-refractivity contribution in [2.75, 3.05) is 19.1 Å². The molecule has 0 atom stereocenters. The van der Waals surface area contributed by atoms with E-state index in [-0.39, 0.29) is 5.91 Å². The summed E-state index contributed by atoms with van der Waals surface area (Å²) in [6, 6.07) is 9.51. The van der Waals surface area contributed by atoms with Crippen molar-refractivity contribution in [2.45, 2.75) is 12.8 Å². The summed E-state index contributed by atoms with van der Waals surface area (Å²) in [7, 11) is 3.09. The number of benzene rings is 1. The van der Waals surface area contributed by atoms with Crippen LogP contribution >= 0.6 is 0 Å². The van der Waals surface area contributed by atoms with Crippen molar-refractivity contribution >= 4 is 17.6 Å². The maximum Gasteiger partial charge on any atom is 0.330 e. The quantitative estimate of drug-likeness (QED) is 0.455. The molecule has 0 N–H and O–H groups in total. The molecule has 0 aromatic heterocycles. The Morgan fingerprint density at radius 1 is 1.20 bits per heavy atom. The van der Waals surface area contributed by atoms with E-state index in [1.807, 2.05) is 36.4 Å². The van der Waals surface area contributed by atoms with Gasteiger partial charge < -0.3 is 9.64 Å². The molecule has 1 aromatic carbocycles. The van der Waals surface area contributed by atoms with Crippen molar-refractivity contribution in [3.63, 3.8) is 0 Å². The zero-order valence-electron chi connectivity index (χ0n) is 11.8. The summed E-state index contributed by atoms with van der Waals surface area (Å²) in [6.07, 6.45) is 7.55. The minimum Gasteiger partial charge on any atom is -0.466 e. The molecular formula is C16H19NO3. The molecule has 20 heavy (non-hydrogen) atoms. The Morgan fingerprint density at radius 2 is 1.90 bits per heavy atom. The van der Waals surface area contributed by atoms with E-state index in [4.69, 9.17) is 0 Å². The van der Waals surface area contributed by atoms with Crippen LogP contribution in [0.25, 0.3) is 0 Å². The lowest BCUT2D eigenvalue weighted by molar-refractivity contribution is -0.134. The number of ether oxygens (including phenoxy) is 1. The number of esters is 1. The number of carbonyl (C=O) groups excluding carboxylic acids is 2. The lowest BCUT2D eigenvalue weighted by Crippen LogP contribution is -2.25. The zero-order chi connectivity index (χ0) is 14.8. The second-order valence-corrected chi connectivity index (χ2v) is 4.14. The Morgan fingerprint density at radius 3 is 2.55 bits per heavy atom. The molecule has 4 nitrogen and oxygen atoms in total. The highest BCUT2D eigenvalue weighted by Gasteiger charge is 2.08. The van der Waals surface area contributed by atoms with Gasteiger partial charge in [0, 0.05) is 25.2 Å². The third-order valence-electron chi connectivity index (χ3n) is 2.72. The number of para-hydroxylation sites is 1. The van der Waals surface area contributed by atoms with Crippen LogP contribution in [0.15, 0.2) is 54.6 Å². The topological polar surface area (TPSA) is 46.6 Å². The first kappa shape index (κ1) is 15.7. The lowest BCUT2D eigenvalue weighted by atomic mass is 10.2. The number of hydrogen-bond acceptors (Lipinski definition) is 3. The number of rotatable bonds is 6. The summed E-state index contributed by atoms with van der Waals surface area (Å²) in [5.41, 5.74) is 0.882. The van der Waals surface area contributed by atoms with Crippen LogP contribution in [0.5, 0.6) is 0 Å². The lowest BCUT2D eigenvalue weighted by Gasteiger charge is -2.16. The second kappa shape index (κ2) is 8.69. The van der Waals surface area contributed by atoms with Gasteiger partial charge in [0.15, 0.2) is 0 Å². The van der Waals surface area contributed by atoms with E-state index in [9.17, 15) is 9.59 Å². The van der Waals surface area contributed by atoms with Crippen molar-refractivity contribution in [1.82, 2.24) is 0 Å². The Hall–Kier alpha value is -2.36. The van der Waals surface area contributed by atoms with Crippen molar-refractivity contribution in [2.24, 2.45) is 0 Å². The first-order valence-corrected chi connectivity index (χ1v) is 6.38. The molecule has 106 valence electrons. The predicted molar refractivity (Wildman–Crippen MR) is 79.4 cm³/mol. The van der Waals surface area contributed by atoms with E-state index in [1.165, 1.54) is 13.2 Å². The molecule has 4 heteroatoms. The molecule has 1 rings (SSSR count). The van der Waals surface area contributed by atoms with Crippen LogP contribution in [-0.4, -0.2) is 26.0 Å². The maximum atomic E-state index is 11.9. The molecule has 0 aliphatic rings. The van der Waals surface area contributed by atoms with Crippen LogP contribution in [-0.2, 0) is 14.3 Å². The molecule has 0 heterocycles. The van der Waals surface area contributed by atoms with Gasteiger partial charge in [0.1, 0.15) is 0 Å². The molecule has 1 amide bonds. The number of anilines is 1. The summed E-state index contributed by atoms with van der Waals surface area (Å²) in [5, 5.41) is 0. The maximum absolute atomic E-state index is 11.9. The fourth-order valence-electron chi connectivity index (χ4n) is 1.55. The molecule has 0 saturated carbocycles. The van der Waals surface area contributed by atoms with Gasteiger partial charge in [-0.3, -0.25) is 4.79 Å². The Labute approximate surface area is 119 Å². The van der Waals surface area contributed by atoms with Crippen molar-refractivity contribution in [3.8, 4) is 0 Å². The van der Waals surface area contributed by atoms with Gasteiger partial charge in [-0.25, -0.2) is 4.79 Å². The number of hydrogen-bond donors (Lipinski definition) is 0. The number of methoxy groups -OCH3 is 1. The first-order valence-electron chi connectivity index (χ1n) is 6.38. The highest BCUT2D eigenvalue weighted by molar-refractivity contribution is 5.92. The van der Waals surface area contributed by atoms with Crippen LogP contribution in [0.2, 0.25) is 0 Å². The molecule has 0 spiro atoms. The van der Waals surface area contributed by atoms with Crippen LogP contribution in [0.3, 0.4) is 0 Å². The number of allylic oxidation sites excluding steroid dienone is 3. The largest absolute Gasteiger partial charge is 0.466 e. The summed E-state index contributed by atoms with van der Waals surface area (Å²) >= 11 is 0. The van der Waals surface area contributed by atoms with Crippen LogP contribution in [0, 0.1) is 0 Å². The van der Waals surface area contributed by atoms with Gasteiger partial charge in [-0.1, -0.05) is 36.4 Å². The number of nitrogens with zero attached hydrogens (tertiary/aromatic N) is 1. The number of amides is 1. The van der Waals surface area contributed by atoms with Gasteiger partial charge in [0.2, 0.25) is 5.91 Å². The fourth-order valence-corrected chi connectivity index (χ4v) is 1.55. The highest BCUT2D eigenvalue weighted by Crippen LogP contribution is 2.12. The average Bonchev–Trinajstić information content (AvgIpc) is 2.50. The van der Waals surface area contributed by atoms with Crippen LogP contribution in [0.4, 0.5) is 5.69 Å². The van der Waals surface area contributed by atoms with Crippen LogP contribution in [0.1, 0.15) is 12.8 Å². The van der Waals surface area contributed by atoms with E-state index in [0.29, 0.717) is 12.8 Å². The van der Waals surface area contributed by atoms with E-state index in [0.717, 1.165) is 5.69 Å². The first-order chi connectivity index (χ1) is 9.65. The van der Waals surface area contributed by atoms with Crippen molar-refractivity contribution in [3.05, 3.63) is 54.6 Å². The van der Waals surface area contributed by atoms with Gasteiger partial charge in [0.05, 0.1) is 7.11 Å². The molecule has 0 bridgehead atoms. The average molecular weight is 273 g/mol. The van der Waals surface area contributed by atoms with Gasteiger partial charge in [0.25, 0.3) is 0 Å². The molecule has 0 unspecified atom stereocenters. The van der Waals surface area contributed by atoms with E-state index >= 15 is 0 Å².